The topological polar surface area (TPSA) is 125 Å². The molecule has 11 heteroatoms. The molecule has 2 heterocycles. The normalized spacial score (nSPS) is 15.5. The lowest BCUT2D eigenvalue weighted by atomic mass is 10.1. The number of nitro groups is 1. The molecule has 0 radical (unpaired) electrons. The fraction of sp³-hybridized carbons (Fsp3) is 0.412. The molecular formula is C17H20N4O6S. The molecule has 10 nitrogen and oxygen atoms in total. The number of aromatic nitrogens is 2. The third-order valence-electron chi connectivity index (χ3n) is 4.64. The van der Waals surface area contributed by atoms with Crippen molar-refractivity contribution >= 4 is 21.6 Å². The molecule has 2 aromatic rings. The zero-order valence-corrected chi connectivity index (χ0v) is 16.5. The Hall–Kier alpha value is -2.63. The summed E-state index contributed by atoms with van der Waals surface area (Å²) in [5, 5.41) is 15.2. The van der Waals surface area contributed by atoms with E-state index in [-0.39, 0.29) is 40.6 Å². The van der Waals surface area contributed by atoms with Crippen LogP contribution in [0.5, 0.6) is 0 Å². The number of sulfonamides is 1. The number of ether oxygens (including phenoxy) is 1. The van der Waals surface area contributed by atoms with Crippen molar-refractivity contribution in [3.05, 3.63) is 50.8 Å². The van der Waals surface area contributed by atoms with Gasteiger partial charge in [-0.3, -0.25) is 14.9 Å². The maximum atomic E-state index is 13.0. The largest absolute Gasteiger partial charge is 0.379 e. The number of carbonyl (C=O) groups is 1. The summed E-state index contributed by atoms with van der Waals surface area (Å²) in [7, 11) is -3.84. The highest BCUT2D eigenvalue weighted by Gasteiger charge is 2.33. The Morgan fingerprint density at radius 3 is 2.46 bits per heavy atom. The first-order chi connectivity index (χ1) is 13.1. The number of nitro benzene ring substituents is 1. The standard InChI is InChI=1S/C17H20N4O6S/c1-11-4-5-14(10-15(11)21(23)24)17(22)20-13(3)16(12(2)18-20)28(25,26)19-6-8-27-9-7-19/h4-5,10H,6-9H2,1-3H3. The smallest absolute Gasteiger partial charge is 0.278 e. The highest BCUT2D eigenvalue weighted by Crippen LogP contribution is 2.26. The number of aryl methyl sites for hydroxylation is 2. The molecule has 1 aliphatic heterocycles. The Bertz CT molecular complexity index is 1050. The Morgan fingerprint density at radius 1 is 1.21 bits per heavy atom. The molecule has 1 aliphatic rings. The zero-order valence-electron chi connectivity index (χ0n) is 15.7. The van der Waals surface area contributed by atoms with Crippen molar-refractivity contribution in [2.45, 2.75) is 25.7 Å². The summed E-state index contributed by atoms with van der Waals surface area (Å²) in [6.07, 6.45) is 0. The fourth-order valence-electron chi connectivity index (χ4n) is 3.18. The average Bonchev–Trinajstić information content (AvgIpc) is 2.96. The van der Waals surface area contributed by atoms with Crippen molar-refractivity contribution in [2.75, 3.05) is 26.3 Å². The minimum Gasteiger partial charge on any atom is -0.379 e. The highest BCUT2D eigenvalue weighted by molar-refractivity contribution is 7.89. The maximum absolute atomic E-state index is 13.0. The van der Waals surface area contributed by atoms with Gasteiger partial charge in [-0.15, -0.1) is 0 Å². The number of morpholine rings is 1. The third kappa shape index (κ3) is 3.43. The minimum atomic E-state index is -3.84. The van der Waals surface area contributed by atoms with Gasteiger partial charge < -0.3 is 4.74 Å². The van der Waals surface area contributed by atoms with E-state index in [0.717, 1.165) is 4.68 Å². The minimum absolute atomic E-state index is 0.0237. The van der Waals surface area contributed by atoms with Crippen molar-refractivity contribution in [3.63, 3.8) is 0 Å². The van der Waals surface area contributed by atoms with Gasteiger partial charge in [-0.1, -0.05) is 6.07 Å². The van der Waals surface area contributed by atoms with Crippen LogP contribution >= 0.6 is 0 Å². The molecule has 28 heavy (non-hydrogen) atoms. The fourth-order valence-corrected chi connectivity index (χ4v) is 4.94. The molecule has 150 valence electrons. The first kappa shape index (κ1) is 20.1. The van der Waals surface area contributed by atoms with E-state index in [2.05, 4.69) is 5.10 Å². The van der Waals surface area contributed by atoms with Gasteiger partial charge in [0.2, 0.25) is 10.0 Å². The van der Waals surface area contributed by atoms with Gasteiger partial charge in [0, 0.05) is 30.3 Å². The van der Waals surface area contributed by atoms with Crippen LogP contribution in [-0.2, 0) is 14.8 Å². The number of nitrogens with zero attached hydrogens (tertiary/aromatic N) is 4. The zero-order chi connectivity index (χ0) is 20.6. The molecule has 0 unspecified atom stereocenters. The van der Waals surface area contributed by atoms with Crippen LogP contribution in [0.3, 0.4) is 0 Å². The predicted octanol–water partition coefficient (Wildman–Crippen LogP) is 1.43. The lowest BCUT2D eigenvalue weighted by Gasteiger charge is -2.26. The molecule has 0 spiro atoms. The van der Waals surface area contributed by atoms with Crippen molar-refractivity contribution < 1.29 is 22.9 Å². The number of carbonyl (C=O) groups excluding carboxylic acids is 1. The van der Waals surface area contributed by atoms with Gasteiger partial charge in [-0.05, 0) is 26.8 Å². The predicted molar refractivity (Wildman–Crippen MR) is 98.8 cm³/mol. The molecule has 0 saturated carbocycles. The third-order valence-corrected chi connectivity index (χ3v) is 6.79. The number of benzene rings is 1. The van der Waals surface area contributed by atoms with Crippen LogP contribution in [0.2, 0.25) is 0 Å². The van der Waals surface area contributed by atoms with Crippen molar-refractivity contribution in [2.24, 2.45) is 0 Å². The SMILES string of the molecule is Cc1ccc(C(=O)n2nc(C)c(S(=O)(=O)N3CCOCC3)c2C)cc1[N+](=O)[O-]. The summed E-state index contributed by atoms with van der Waals surface area (Å²) in [5.41, 5.74) is 0.647. The Balaban J connectivity index is 2.03. The van der Waals surface area contributed by atoms with E-state index in [9.17, 15) is 23.3 Å². The van der Waals surface area contributed by atoms with Gasteiger partial charge in [0.1, 0.15) is 4.90 Å². The summed E-state index contributed by atoms with van der Waals surface area (Å²) < 4.78 is 33.5. The molecule has 1 fully saturated rings. The average molecular weight is 408 g/mol. The van der Waals surface area contributed by atoms with Gasteiger partial charge >= 0.3 is 0 Å². The summed E-state index contributed by atoms with van der Waals surface area (Å²) >= 11 is 0. The molecule has 0 amide bonds. The van der Waals surface area contributed by atoms with Gasteiger partial charge in [0.25, 0.3) is 11.6 Å². The lowest BCUT2D eigenvalue weighted by Crippen LogP contribution is -2.41. The van der Waals surface area contributed by atoms with Crippen LogP contribution in [0.25, 0.3) is 0 Å². The molecule has 0 bridgehead atoms. The number of hydrogen-bond donors (Lipinski definition) is 0. The van der Waals surface area contributed by atoms with E-state index in [0.29, 0.717) is 18.8 Å². The van der Waals surface area contributed by atoms with E-state index in [1.54, 1.807) is 6.92 Å². The Morgan fingerprint density at radius 2 is 1.86 bits per heavy atom. The Labute approximate surface area is 161 Å². The van der Waals surface area contributed by atoms with Crippen LogP contribution in [-0.4, -0.2) is 59.6 Å². The van der Waals surface area contributed by atoms with E-state index in [4.69, 9.17) is 4.74 Å². The van der Waals surface area contributed by atoms with Crippen LogP contribution in [0.1, 0.15) is 27.3 Å². The van der Waals surface area contributed by atoms with Crippen molar-refractivity contribution in [1.29, 1.82) is 0 Å². The van der Waals surface area contributed by atoms with Crippen LogP contribution in [0.15, 0.2) is 23.1 Å². The highest BCUT2D eigenvalue weighted by atomic mass is 32.2. The summed E-state index contributed by atoms with van der Waals surface area (Å²) in [6, 6.07) is 4.10. The molecule has 3 rings (SSSR count). The first-order valence-electron chi connectivity index (χ1n) is 8.58. The summed E-state index contributed by atoms with van der Waals surface area (Å²) in [5.74, 6) is -0.632. The van der Waals surface area contributed by atoms with Gasteiger partial charge in [-0.2, -0.15) is 14.1 Å². The van der Waals surface area contributed by atoms with E-state index < -0.39 is 20.9 Å². The molecule has 1 aromatic carbocycles. The molecule has 1 aromatic heterocycles. The molecule has 0 aliphatic carbocycles. The maximum Gasteiger partial charge on any atom is 0.278 e. The van der Waals surface area contributed by atoms with Gasteiger partial charge in [0.15, 0.2) is 0 Å². The molecular weight excluding hydrogens is 388 g/mol. The van der Waals surface area contributed by atoms with E-state index in [1.165, 1.54) is 36.4 Å². The van der Waals surface area contributed by atoms with Gasteiger partial charge in [0.05, 0.1) is 29.5 Å². The molecule has 1 saturated heterocycles. The molecule has 0 atom stereocenters. The number of rotatable bonds is 4. The molecule has 0 N–H and O–H groups in total. The van der Waals surface area contributed by atoms with E-state index >= 15 is 0 Å². The lowest BCUT2D eigenvalue weighted by molar-refractivity contribution is -0.385. The summed E-state index contributed by atoms with van der Waals surface area (Å²) in [6.45, 7) is 5.64. The van der Waals surface area contributed by atoms with Crippen LogP contribution in [0, 0.1) is 30.9 Å². The monoisotopic (exact) mass is 408 g/mol. The number of hydrogen-bond acceptors (Lipinski definition) is 7. The van der Waals surface area contributed by atoms with Gasteiger partial charge in [-0.25, -0.2) is 8.42 Å². The van der Waals surface area contributed by atoms with Crippen LogP contribution < -0.4 is 0 Å². The Kier molecular flexibility index (Phi) is 5.33. The summed E-state index contributed by atoms with van der Waals surface area (Å²) in [4.78, 5) is 23.4. The van der Waals surface area contributed by atoms with E-state index in [1.807, 2.05) is 0 Å². The van der Waals surface area contributed by atoms with Crippen molar-refractivity contribution in [3.8, 4) is 0 Å². The van der Waals surface area contributed by atoms with Crippen LogP contribution in [0.4, 0.5) is 5.69 Å². The first-order valence-corrected chi connectivity index (χ1v) is 10.0. The second-order valence-electron chi connectivity index (χ2n) is 6.49. The quantitative estimate of drug-likeness (QED) is 0.553. The van der Waals surface area contributed by atoms with Crippen molar-refractivity contribution in [1.82, 2.24) is 14.1 Å². The second-order valence-corrected chi connectivity index (χ2v) is 8.37. The second kappa shape index (κ2) is 7.41.